The van der Waals surface area contributed by atoms with E-state index in [1.165, 1.54) is 12.1 Å². The van der Waals surface area contributed by atoms with Gasteiger partial charge in [-0.3, -0.25) is 0 Å². The third kappa shape index (κ3) is 4.96. The molecule has 2 aromatic carbocycles. The molecule has 3 heterocycles. The van der Waals surface area contributed by atoms with Gasteiger partial charge < -0.3 is 14.5 Å². The summed E-state index contributed by atoms with van der Waals surface area (Å²) in [4.78, 5) is 21.3. The average Bonchev–Trinajstić information content (AvgIpc) is 3.28. The number of amides is 1. The Morgan fingerprint density at radius 1 is 0.886 bits per heavy atom. The van der Waals surface area contributed by atoms with Crippen LogP contribution in [0.5, 0.6) is 0 Å². The van der Waals surface area contributed by atoms with Crippen LogP contribution >= 0.6 is 0 Å². The molecule has 0 aliphatic carbocycles. The number of anilines is 1. The van der Waals surface area contributed by atoms with Crippen LogP contribution in [-0.4, -0.2) is 57.4 Å². The second kappa shape index (κ2) is 9.02. The van der Waals surface area contributed by atoms with Crippen molar-refractivity contribution in [2.75, 3.05) is 31.1 Å². The van der Waals surface area contributed by atoms with Crippen molar-refractivity contribution in [1.82, 2.24) is 19.5 Å². The van der Waals surface area contributed by atoms with Crippen molar-refractivity contribution in [3.8, 4) is 22.5 Å². The summed E-state index contributed by atoms with van der Waals surface area (Å²) in [5.74, 6) is 0.608. The highest BCUT2D eigenvalue weighted by molar-refractivity contribution is 5.72. The van der Waals surface area contributed by atoms with E-state index in [1.807, 2.05) is 67.8 Å². The molecule has 0 unspecified atom stereocenters. The maximum absolute atomic E-state index is 13.5. The van der Waals surface area contributed by atoms with Crippen LogP contribution in [0.3, 0.4) is 0 Å². The number of ether oxygens (including phenoxy) is 1. The number of rotatable bonds is 3. The van der Waals surface area contributed by atoms with E-state index in [2.05, 4.69) is 4.90 Å². The van der Waals surface area contributed by atoms with E-state index in [0.29, 0.717) is 31.8 Å². The minimum atomic E-state index is -0.526. The average molecular weight is 474 g/mol. The molecule has 0 spiro atoms. The quantitative estimate of drug-likeness (QED) is 0.406. The number of benzene rings is 2. The van der Waals surface area contributed by atoms with Gasteiger partial charge in [0, 0.05) is 49.4 Å². The topological polar surface area (TPSA) is 63.0 Å². The molecule has 35 heavy (non-hydrogen) atoms. The van der Waals surface area contributed by atoms with Gasteiger partial charge in [-0.15, -0.1) is 0 Å². The van der Waals surface area contributed by atoms with Crippen LogP contribution in [0, 0.1) is 5.82 Å². The maximum Gasteiger partial charge on any atom is 0.410 e. The Morgan fingerprint density at radius 3 is 2.20 bits per heavy atom. The highest BCUT2D eigenvalue weighted by Gasteiger charge is 2.27. The number of halogens is 1. The van der Waals surface area contributed by atoms with Gasteiger partial charge in [-0.25, -0.2) is 14.2 Å². The summed E-state index contributed by atoms with van der Waals surface area (Å²) in [6, 6.07) is 20.3. The Bertz CT molecular complexity index is 1340. The predicted molar refractivity (Wildman–Crippen MR) is 134 cm³/mol. The number of carbonyl (C=O) groups excluding carboxylic acids is 1. The van der Waals surface area contributed by atoms with Crippen molar-refractivity contribution in [2.24, 2.45) is 0 Å². The number of fused-ring (bicyclic) bond motifs is 1. The normalized spacial score (nSPS) is 14.4. The number of aromatic nitrogens is 3. The first kappa shape index (κ1) is 22.8. The molecule has 0 N–H and O–H groups in total. The van der Waals surface area contributed by atoms with Crippen LogP contribution in [0.25, 0.3) is 28.2 Å². The Labute approximate surface area is 203 Å². The number of nitrogens with zero attached hydrogens (tertiary/aromatic N) is 5. The fourth-order valence-electron chi connectivity index (χ4n) is 4.15. The van der Waals surface area contributed by atoms with E-state index < -0.39 is 5.60 Å². The van der Waals surface area contributed by atoms with Gasteiger partial charge >= 0.3 is 6.09 Å². The SMILES string of the molecule is CC(C)(C)OC(=O)N1CCN(c2cc(-c3ccccc3)nc3cc(-c4ccc(F)cc4)nn23)CC1. The third-order valence-electron chi connectivity index (χ3n) is 5.87. The van der Waals surface area contributed by atoms with Crippen molar-refractivity contribution in [1.29, 1.82) is 0 Å². The summed E-state index contributed by atoms with van der Waals surface area (Å²) < 4.78 is 20.8. The molecule has 1 aliphatic heterocycles. The predicted octanol–water partition coefficient (Wildman–Crippen LogP) is 5.26. The summed E-state index contributed by atoms with van der Waals surface area (Å²) in [7, 11) is 0. The van der Waals surface area contributed by atoms with E-state index >= 15 is 0 Å². The van der Waals surface area contributed by atoms with Crippen LogP contribution in [0.2, 0.25) is 0 Å². The first-order valence-corrected chi connectivity index (χ1v) is 11.7. The smallest absolute Gasteiger partial charge is 0.410 e. The summed E-state index contributed by atoms with van der Waals surface area (Å²) in [5, 5.41) is 4.81. The van der Waals surface area contributed by atoms with E-state index in [0.717, 1.165) is 28.3 Å². The zero-order chi connectivity index (χ0) is 24.6. The highest BCUT2D eigenvalue weighted by atomic mass is 19.1. The van der Waals surface area contributed by atoms with Crippen LogP contribution in [0.15, 0.2) is 66.7 Å². The van der Waals surface area contributed by atoms with E-state index in [1.54, 1.807) is 17.0 Å². The number of hydrogen-bond donors (Lipinski definition) is 0. The molecule has 4 aromatic rings. The van der Waals surface area contributed by atoms with Gasteiger partial charge in [0.15, 0.2) is 5.65 Å². The largest absolute Gasteiger partial charge is 0.444 e. The molecular formula is C27H28FN5O2. The second-order valence-electron chi connectivity index (χ2n) is 9.63. The molecule has 180 valence electrons. The van der Waals surface area contributed by atoms with Gasteiger partial charge in [-0.2, -0.15) is 9.61 Å². The molecule has 1 aliphatic rings. The van der Waals surface area contributed by atoms with Crippen LogP contribution in [0.1, 0.15) is 20.8 Å². The molecular weight excluding hydrogens is 445 g/mol. The van der Waals surface area contributed by atoms with Crippen LogP contribution < -0.4 is 4.90 Å². The van der Waals surface area contributed by atoms with Crippen LogP contribution in [-0.2, 0) is 4.74 Å². The first-order valence-electron chi connectivity index (χ1n) is 11.7. The summed E-state index contributed by atoms with van der Waals surface area (Å²) in [6.07, 6.45) is -0.292. The van der Waals surface area contributed by atoms with Crippen molar-refractivity contribution in [3.63, 3.8) is 0 Å². The Hall–Kier alpha value is -3.94. The molecule has 1 fully saturated rings. The third-order valence-corrected chi connectivity index (χ3v) is 5.87. The molecule has 7 nitrogen and oxygen atoms in total. The lowest BCUT2D eigenvalue weighted by atomic mass is 10.1. The zero-order valence-corrected chi connectivity index (χ0v) is 20.1. The summed E-state index contributed by atoms with van der Waals surface area (Å²) >= 11 is 0. The van der Waals surface area contributed by atoms with Gasteiger partial charge in [0.2, 0.25) is 0 Å². The number of carbonyl (C=O) groups is 1. The first-order chi connectivity index (χ1) is 16.8. The van der Waals surface area contributed by atoms with Crippen molar-refractivity contribution < 1.29 is 13.9 Å². The molecule has 1 saturated heterocycles. The summed E-state index contributed by atoms with van der Waals surface area (Å²) in [5.41, 5.74) is 3.56. The lowest BCUT2D eigenvalue weighted by molar-refractivity contribution is 0.0240. The highest BCUT2D eigenvalue weighted by Crippen LogP contribution is 2.28. The van der Waals surface area contributed by atoms with E-state index in [4.69, 9.17) is 14.8 Å². The van der Waals surface area contributed by atoms with Gasteiger partial charge in [-0.1, -0.05) is 30.3 Å². The fraction of sp³-hybridized carbons (Fsp3) is 0.296. The Balaban J connectivity index is 1.50. The minimum absolute atomic E-state index is 0.287. The molecule has 0 saturated carbocycles. The zero-order valence-electron chi connectivity index (χ0n) is 20.1. The standard InChI is InChI=1S/C27H28FN5O2/c1-27(2,3)35-26(34)32-15-13-31(14-16-32)25-18-22(19-7-5-4-6-8-19)29-24-17-23(30-33(24)25)20-9-11-21(28)12-10-20/h4-12,17-18H,13-16H2,1-3H3. The Kier molecular flexibility index (Phi) is 5.88. The molecule has 5 rings (SSSR count). The van der Waals surface area contributed by atoms with Gasteiger partial charge in [0.05, 0.1) is 11.4 Å². The van der Waals surface area contributed by atoms with Crippen molar-refractivity contribution in [2.45, 2.75) is 26.4 Å². The van der Waals surface area contributed by atoms with Crippen LogP contribution in [0.4, 0.5) is 15.0 Å². The molecule has 2 aromatic heterocycles. The molecule has 0 radical (unpaired) electrons. The molecule has 0 atom stereocenters. The van der Waals surface area contributed by atoms with Crippen molar-refractivity contribution in [3.05, 3.63) is 72.5 Å². The van der Waals surface area contributed by atoms with Gasteiger partial charge in [0.25, 0.3) is 0 Å². The minimum Gasteiger partial charge on any atom is -0.444 e. The van der Waals surface area contributed by atoms with E-state index in [9.17, 15) is 9.18 Å². The second-order valence-corrected chi connectivity index (χ2v) is 9.63. The van der Waals surface area contributed by atoms with Crippen molar-refractivity contribution >= 4 is 17.6 Å². The van der Waals surface area contributed by atoms with Gasteiger partial charge in [0.1, 0.15) is 17.2 Å². The number of piperazine rings is 1. The maximum atomic E-state index is 13.5. The van der Waals surface area contributed by atoms with E-state index in [-0.39, 0.29) is 11.9 Å². The van der Waals surface area contributed by atoms with Gasteiger partial charge in [-0.05, 0) is 45.0 Å². The fourth-order valence-corrected chi connectivity index (χ4v) is 4.15. The Morgan fingerprint density at radius 2 is 1.54 bits per heavy atom. The molecule has 0 bridgehead atoms. The monoisotopic (exact) mass is 473 g/mol. The summed E-state index contributed by atoms with van der Waals surface area (Å²) in [6.45, 7) is 7.98. The molecule has 8 heteroatoms. The molecule has 1 amide bonds. The lowest BCUT2D eigenvalue weighted by Crippen LogP contribution is -2.50. The number of hydrogen-bond acceptors (Lipinski definition) is 5. The lowest BCUT2D eigenvalue weighted by Gasteiger charge is -2.36.